The molecule has 4 heterocycles. The number of fused-ring (bicyclic) bond motifs is 1. The number of aromatic amines is 2. The lowest BCUT2D eigenvalue weighted by molar-refractivity contribution is -0.129. The molecule has 3 aromatic rings. The van der Waals surface area contributed by atoms with Crippen LogP contribution < -0.4 is 0 Å². The third-order valence-electron chi connectivity index (χ3n) is 5.45. The van der Waals surface area contributed by atoms with E-state index in [4.69, 9.17) is 9.47 Å². The van der Waals surface area contributed by atoms with Crippen molar-refractivity contribution in [3.8, 4) is 17.2 Å². The van der Waals surface area contributed by atoms with Crippen LogP contribution in [0.4, 0.5) is 0 Å². The van der Waals surface area contributed by atoms with E-state index in [1.807, 2.05) is 31.6 Å². The first-order valence-electron chi connectivity index (χ1n) is 10.0. The van der Waals surface area contributed by atoms with Crippen LogP contribution in [-0.4, -0.2) is 40.0 Å². The molecule has 154 valence electrons. The molecule has 7 nitrogen and oxygen atoms in total. The Balaban J connectivity index is 1.67. The molecule has 0 aromatic carbocycles. The Kier molecular flexibility index (Phi) is 5.42. The van der Waals surface area contributed by atoms with E-state index < -0.39 is 0 Å². The standard InChI is InChI=1S/C23H25N5O2/c1-4-16(5-17(7-24)15(2)30-14-23(3)12-29-13-23)21-11-26-22-20(21)6-18(8-25-22)19-9-27-28-10-19/h5-6,8-11H,4,12-14H2,1-3H3,(H,25,26)(H,27,28)/b16-5+,17-15?. The van der Waals surface area contributed by atoms with Crippen molar-refractivity contribution < 1.29 is 9.47 Å². The van der Waals surface area contributed by atoms with Gasteiger partial charge in [-0.2, -0.15) is 10.4 Å². The highest BCUT2D eigenvalue weighted by Crippen LogP contribution is 2.31. The number of rotatable bonds is 7. The molecular weight excluding hydrogens is 378 g/mol. The van der Waals surface area contributed by atoms with Crippen molar-refractivity contribution in [2.45, 2.75) is 27.2 Å². The van der Waals surface area contributed by atoms with E-state index >= 15 is 0 Å². The normalized spacial score (nSPS) is 16.7. The number of ether oxygens (including phenoxy) is 2. The Hall–Kier alpha value is -3.37. The molecule has 0 spiro atoms. The van der Waals surface area contributed by atoms with E-state index in [1.165, 1.54) is 0 Å². The van der Waals surface area contributed by atoms with Crippen molar-refractivity contribution in [1.29, 1.82) is 5.26 Å². The minimum absolute atomic E-state index is 0.0329. The molecular formula is C23H25N5O2. The molecule has 4 rings (SSSR count). The van der Waals surface area contributed by atoms with Gasteiger partial charge in [-0.25, -0.2) is 4.98 Å². The summed E-state index contributed by atoms with van der Waals surface area (Å²) in [5, 5.41) is 17.6. The van der Waals surface area contributed by atoms with Gasteiger partial charge >= 0.3 is 0 Å². The molecule has 0 saturated carbocycles. The number of H-pyrrole nitrogens is 2. The number of nitriles is 1. The number of nitrogens with zero attached hydrogens (tertiary/aromatic N) is 3. The zero-order valence-corrected chi connectivity index (χ0v) is 17.5. The van der Waals surface area contributed by atoms with E-state index in [0.29, 0.717) is 31.2 Å². The van der Waals surface area contributed by atoms with E-state index in [9.17, 15) is 5.26 Å². The average Bonchev–Trinajstić information content (AvgIpc) is 3.41. The Bertz CT molecular complexity index is 1140. The van der Waals surface area contributed by atoms with Gasteiger partial charge in [0.25, 0.3) is 0 Å². The first-order valence-corrected chi connectivity index (χ1v) is 10.0. The molecule has 30 heavy (non-hydrogen) atoms. The zero-order valence-electron chi connectivity index (χ0n) is 17.5. The Labute approximate surface area is 175 Å². The lowest BCUT2D eigenvalue weighted by Crippen LogP contribution is -2.43. The fourth-order valence-corrected chi connectivity index (χ4v) is 3.49. The molecule has 7 heteroatoms. The number of hydrogen-bond acceptors (Lipinski definition) is 5. The molecule has 0 amide bonds. The van der Waals surface area contributed by atoms with Crippen LogP contribution in [0, 0.1) is 16.7 Å². The second-order valence-corrected chi connectivity index (χ2v) is 8.01. The quantitative estimate of drug-likeness (QED) is 0.341. The lowest BCUT2D eigenvalue weighted by atomic mass is 9.90. The van der Waals surface area contributed by atoms with Gasteiger partial charge in [0.1, 0.15) is 17.5 Å². The second-order valence-electron chi connectivity index (χ2n) is 8.01. The van der Waals surface area contributed by atoms with Crippen LogP contribution >= 0.6 is 0 Å². The Morgan fingerprint density at radius 1 is 1.33 bits per heavy atom. The van der Waals surface area contributed by atoms with Crippen molar-refractivity contribution in [3.63, 3.8) is 0 Å². The Morgan fingerprint density at radius 2 is 2.17 bits per heavy atom. The van der Waals surface area contributed by atoms with E-state index in [-0.39, 0.29) is 5.41 Å². The summed E-state index contributed by atoms with van der Waals surface area (Å²) in [5.41, 5.74) is 5.42. The van der Waals surface area contributed by atoms with E-state index in [0.717, 1.165) is 39.7 Å². The summed E-state index contributed by atoms with van der Waals surface area (Å²) < 4.78 is 11.2. The summed E-state index contributed by atoms with van der Waals surface area (Å²) in [4.78, 5) is 7.78. The predicted molar refractivity (Wildman–Crippen MR) is 115 cm³/mol. The fourth-order valence-electron chi connectivity index (χ4n) is 3.49. The van der Waals surface area contributed by atoms with Crippen LogP contribution in [0.15, 0.2) is 48.3 Å². The monoisotopic (exact) mass is 403 g/mol. The average molecular weight is 403 g/mol. The van der Waals surface area contributed by atoms with Crippen molar-refractivity contribution in [2.75, 3.05) is 19.8 Å². The van der Waals surface area contributed by atoms with Gasteiger partial charge in [-0.15, -0.1) is 0 Å². The minimum atomic E-state index is 0.0329. The number of allylic oxidation sites excluding steroid dienone is 4. The van der Waals surface area contributed by atoms with Crippen molar-refractivity contribution in [2.24, 2.45) is 5.41 Å². The van der Waals surface area contributed by atoms with Crippen LogP contribution in [0.1, 0.15) is 32.8 Å². The van der Waals surface area contributed by atoms with Crippen molar-refractivity contribution in [3.05, 3.63) is 53.8 Å². The molecule has 1 aliphatic rings. The van der Waals surface area contributed by atoms with E-state index in [1.54, 1.807) is 6.20 Å². The molecule has 0 bridgehead atoms. The second kappa shape index (κ2) is 8.17. The third kappa shape index (κ3) is 3.87. The smallest absolute Gasteiger partial charge is 0.137 e. The molecule has 1 fully saturated rings. The predicted octanol–water partition coefficient (Wildman–Crippen LogP) is 4.60. The van der Waals surface area contributed by atoms with Crippen LogP contribution in [0.5, 0.6) is 0 Å². The van der Waals surface area contributed by atoms with Gasteiger partial charge in [-0.1, -0.05) is 13.8 Å². The lowest BCUT2D eigenvalue weighted by Gasteiger charge is -2.37. The van der Waals surface area contributed by atoms with Gasteiger partial charge in [0.2, 0.25) is 0 Å². The van der Waals surface area contributed by atoms with Crippen LogP contribution in [0.2, 0.25) is 0 Å². The topological polar surface area (TPSA) is 99.6 Å². The van der Waals surface area contributed by atoms with Crippen LogP contribution in [0.25, 0.3) is 27.7 Å². The molecule has 0 atom stereocenters. The van der Waals surface area contributed by atoms with Crippen LogP contribution in [-0.2, 0) is 9.47 Å². The largest absolute Gasteiger partial charge is 0.496 e. The molecule has 1 saturated heterocycles. The molecule has 0 unspecified atom stereocenters. The highest BCUT2D eigenvalue weighted by molar-refractivity contribution is 5.93. The first kappa shape index (κ1) is 19.9. The fraction of sp³-hybridized carbons (Fsp3) is 0.348. The van der Waals surface area contributed by atoms with Crippen molar-refractivity contribution >= 4 is 16.6 Å². The zero-order chi connectivity index (χ0) is 21.1. The SMILES string of the molecule is CC/C(=C\C(C#N)=C(C)OCC1(C)COC1)c1c[nH]c2ncc(-c3cn[nH]c3)cc12. The minimum Gasteiger partial charge on any atom is -0.496 e. The van der Waals surface area contributed by atoms with Gasteiger partial charge in [0.15, 0.2) is 0 Å². The number of nitrogens with one attached hydrogen (secondary N) is 2. The van der Waals surface area contributed by atoms with Gasteiger partial charge in [-0.05, 0) is 31.1 Å². The maximum absolute atomic E-state index is 9.73. The molecule has 1 aliphatic heterocycles. The molecule has 3 aromatic heterocycles. The van der Waals surface area contributed by atoms with Gasteiger partial charge in [-0.3, -0.25) is 5.10 Å². The summed E-state index contributed by atoms with van der Waals surface area (Å²) in [5.74, 6) is 0.633. The maximum atomic E-state index is 9.73. The summed E-state index contributed by atoms with van der Waals surface area (Å²) >= 11 is 0. The highest BCUT2D eigenvalue weighted by atomic mass is 16.5. The molecule has 0 aliphatic carbocycles. The van der Waals surface area contributed by atoms with E-state index in [2.05, 4.69) is 46.1 Å². The van der Waals surface area contributed by atoms with Gasteiger partial charge < -0.3 is 14.5 Å². The first-order chi connectivity index (χ1) is 14.5. The summed E-state index contributed by atoms with van der Waals surface area (Å²) in [6.07, 6.45) is 10.1. The maximum Gasteiger partial charge on any atom is 0.137 e. The highest BCUT2D eigenvalue weighted by Gasteiger charge is 2.34. The van der Waals surface area contributed by atoms with Crippen molar-refractivity contribution in [1.82, 2.24) is 20.2 Å². The summed E-state index contributed by atoms with van der Waals surface area (Å²) in [7, 11) is 0. The van der Waals surface area contributed by atoms with Gasteiger partial charge in [0.05, 0.1) is 31.6 Å². The number of aromatic nitrogens is 4. The number of pyridine rings is 1. The van der Waals surface area contributed by atoms with Crippen LogP contribution in [0.3, 0.4) is 0 Å². The third-order valence-corrected chi connectivity index (χ3v) is 5.45. The summed E-state index contributed by atoms with van der Waals surface area (Å²) in [6, 6.07) is 4.39. The molecule has 2 N–H and O–H groups in total. The number of hydrogen-bond donors (Lipinski definition) is 2. The molecule has 0 radical (unpaired) electrons. The summed E-state index contributed by atoms with van der Waals surface area (Å²) in [6.45, 7) is 7.98. The van der Waals surface area contributed by atoms with Gasteiger partial charge in [0, 0.05) is 46.1 Å². The Morgan fingerprint density at radius 3 is 2.80 bits per heavy atom.